The van der Waals surface area contributed by atoms with Crippen LogP contribution in [0.4, 0.5) is 0 Å². The van der Waals surface area contributed by atoms with Crippen molar-refractivity contribution in [1.82, 2.24) is 0 Å². The van der Waals surface area contributed by atoms with Crippen molar-refractivity contribution in [3.63, 3.8) is 0 Å². The maximum atomic E-state index is 12.8. The predicted molar refractivity (Wildman–Crippen MR) is 362 cm³/mol. The van der Waals surface area contributed by atoms with Gasteiger partial charge in [0.1, 0.15) is 13.2 Å². The number of unbranched alkanes of at least 4 members (excludes halogenated alkanes) is 24. The van der Waals surface area contributed by atoms with Gasteiger partial charge in [0, 0.05) is 12.8 Å². The summed E-state index contributed by atoms with van der Waals surface area (Å²) in [6.07, 6.45) is 101. The van der Waals surface area contributed by atoms with E-state index in [0.717, 1.165) is 122 Å². The van der Waals surface area contributed by atoms with E-state index in [1.807, 2.05) is 6.08 Å². The first-order valence-electron chi connectivity index (χ1n) is 34.0. The van der Waals surface area contributed by atoms with E-state index in [0.29, 0.717) is 19.3 Å². The van der Waals surface area contributed by atoms with Gasteiger partial charge in [-0.05, 0) is 109 Å². The van der Waals surface area contributed by atoms with Crippen LogP contribution in [0.1, 0.15) is 290 Å². The van der Waals surface area contributed by atoms with Crippen molar-refractivity contribution in [3.8, 4) is 0 Å². The second-order valence-electron chi connectivity index (χ2n) is 22.0. The molecule has 468 valence electrons. The van der Waals surface area contributed by atoms with E-state index in [4.69, 9.17) is 14.2 Å². The fourth-order valence-electron chi connectivity index (χ4n) is 9.06. The molecule has 0 fully saturated rings. The Morgan fingerprint density at radius 1 is 0.265 bits per heavy atom. The quantitative estimate of drug-likeness (QED) is 0.0261. The smallest absolute Gasteiger partial charge is 0.310 e. The lowest BCUT2D eigenvalue weighted by molar-refractivity contribution is -0.166. The van der Waals surface area contributed by atoms with Gasteiger partial charge in [-0.2, -0.15) is 0 Å². The van der Waals surface area contributed by atoms with Crippen LogP contribution in [-0.2, 0) is 28.6 Å². The van der Waals surface area contributed by atoms with Gasteiger partial charge in [-0.3, -0.25) is 14.4 Å². The van der Waals surface area contributed by atoms with E-state index in [-0.39, 0.29) is 31.6 Å². The predicted octanol–water partition coefficient (Wildman–Crippen LogP) is 23.7. The van der Waals surface area contributed by atoms with E-state index >= 15 is 0 Å². The molecule has 0 aliphatic heterocycles. The van der Waals surface area contributed by atoms with Crippen LogP contribution >= 0.6 is 0 Å². The van der Waals surface area contributed by atoms with Crippen LogP contribution < -0.4 is 0 Å². The molecule has 0 saturated carbocycles. The zero-order chi connectivity index (χ0) is 59.9. The van der Waals surface area contributed by atoms with Gasteiger partial charge in [-0.1, -0.05) is 320 Å². The van der Waals surface area contributed by atoms with E-state index in [9.17, 15) is 14.4 Å². The molecule has 0 aromatic heterocycles. The molecular weight excluding hydrogens is 1020 g/mol. The molecule has 1 unspecified atom stereocenters. The highest BCUT2D eigenvalue weighted by atomic mass is 16.6. The number of carbonyl (C=O) groups is 3. The first-order valence-corrected chi connectivity index (χ1v) is 34.0. The molecule has 0 rings (SSSR count). The molecule has 0 aliphatic carbocycles. The SMILES string of the molecule is CC/C=C\C/C=C\C/C=C\C/C=C\C/C=C\C/C=C\C/C=C\C/C=C\CCCCCCCCCCCCC(=O)OCC(COC(=O)CCCCCCCCCCCCCCCCC)OC(=O)C/C=C\C/C=C\C/C=C\C/C=C\C/C=C\CC. The van der Waals surface area contributed by atoms with E-state index < -0.39 is 12.1 Å². The van der Waals surface area contributed by atoms with Crippen molar-refractivity contribution in [3.05, 3.63) is 158 Å². The molecule has 1 atom stereocenters. The number of rotatable bonds is 60. The van der Waals surface area contributed by atoms with Crippen LogP contribution in [0.3, 0.4) is 0 Å². The third kappa shape index (κ3) is 67.7. The molecule has 6 nitrogen and oxygen atoms in total. The largest absolute Gasteiger partial charge is 0.462 e. The van der Waals surface area contributed by atoms with Crippen LogP contribution in [0.5, 0.6) is 0 Å². The molecule has 0 aromatic rings. The Morgan fingerprint density at radius 2 is 0.506 bits per heavy atom. The molecule has 6 heteroatoms. The highest BCUT2D eigenvalue weighted by Gasteiger charge is 2.19. The molecule has 0 bridgehead atoms. The molecule has 0 aromatic carbocycles. The zero-order valence-electron chi connectivity index (χ0n) is 53.7. The third-order valence-corrected chi connectivity index (χ3v) is 14.1. The second kappa shape index (κ2) is 69.5. The minimum Gasteiger partial charge on any atom is -0.462 e. The maximum absolute atomic E-state index is 12.8. The minimum absolute atomic E-state index is 0.0922. The fourth-order valence-corrected chi connectivity index (χ4v) is 9.06. The van der Waals surface area contributed by atoms with Crippen molar-refractivity contribution in [2.75, 3.05) is 13.2 Å². The average molecular weight is 1150 g/mol. The lowest BCUT2D eigenvalue weighted by atomic mass is 10.0. The molecular formula is C77H124O6. The van der Waals surface area contributed by atoms with Gasteiger partial charge in [-0.25, -0.2) is 0 Å². The summed E-state index contributed by atoms with van der Waals surface area (Å²) >= 11 is 0. The monoisotopic (exact) mass is 1140 g/mol. The van der Waals surface area contributed by atoms with Crippen LogP contribution in [0.2, 0.25) is 0 Å². The Labute approximate surface area is 511 Å². The van der Waals surface area contributed by atoms with E-state index in [1.54, 1.807) is 6.08 Å². The van der Waals surface area contributed by atoms with Crippen molar-refractivity contribution in [2.24, 2.45) is 0 Å². The summed E-state index contributed by atoms with van der Waals surface area (Å²) in [5, 5.41) is 0. The Morgan fingerprint density at radius 3 is 0.795 bits per heavy atom. The standard InChI is InChI=1S/C77H124O6/c1-4-7-10-13-16-19-22-25-28-29-30-31-32-33-34-35-36-37-38-39-40-41-42-43-44-45-46-47-50-52-55-58-61-64-67-70-76(79)82-73-74(83-77(80)71-68-65-62-59-56-53-49-27-24-21-18-15-12-9-6-3)72-81-75(78)69-66-63-60-57-54-51-48-26-23-20-17-14-11-8-5-2/h7,9-10,12,16,18-19,21,25,27-28,30-31,33-34,36-37,39-40,42-43,49,56,59,65,68,74H,4-6,8,11,13-15,17,20,22-24,26,29,32,35,38,41,44-48,50-55,57-58,60-64,66-67,69-73H2,1-3H3/b10-7-,12-9-,19-16-,21-18-,28-25-,31-30-,34-33-,37-36-,40-39-,43-42-,49-27-,59-56-,68-65-. The number of hydrogen-bond acceptors (Lipinski definition) is 6. The summed E-state index contributed by atoms with van der Waals surface area (Å²) in [4.78, 5) is 38.3. The maximum Gasteiger partial charge on any atom is 0.310 e. The van der Waals surface area contributed by atoms with E-state index in [1.165, 1.54) is 122 Å². The Balaban J connectivity index is 4.31. The molecule has 0 saturated heterocycles. The summed E-state index contributed by atoms with van der Waals surface area (Å²) in [7, 11) is 0. The average Bonchev–Trinajstić information content (AvgIpc) is 3.49. The molecule has 83 heavy (non-hydrogen) atoms. The molecule has 0 N–H and O–H groups in total. The van der Waals surface area contributed by atoms with Crippen LogP contribution in [-0.4, -0.2) is 37.2 Å². The van der Waals surface area contributed by atoms with Gasteiger partial charge in [-0.15, -0.1) is 0 Å². The van der Waals surface area contributed by atoms with Crippen molar-refractivity contribution < 1.29 is 28.6 Å². The van der Waals surface area contributed by atoms with Gasteiger partial charge < -0.3 is 14.2 Å². The summed E-state index contributed by atoms with van der Waals surface area (Å²) in [5.41, 5.74) is 0. The summed E-state index contributed by atoms with van der Waals surface area (Å²) in [6, 6.07) is 0. The van der Waals surface area contributed by atoms with Crippen LogP contribution in [0, 0.1) is 0 Å². The van der Waals surface area contributed by atoms with Gasteiger partial charge in [0.15, 0.2) is 6.10 Å². The normalized spacial score (nSPS) is 13.1. The summed E-state index contributed by atoms with van der Waals surface area (Å²) in [6.45, 7) is 6.34. The fraction of sp³-hybridized carbons (Fsp3) is 0.623. The first-order chi connectivity index (χ1) is 41.0. The van der Waals surface area contributed by atoms with Crippen molar-refractivity contribution >= 4 is 17.9 Å². The number of allylic oxidation sites excluding steroid dienone is 25. The highest BCUT2D eigenvalue weighted by Crippen LogP contribution is 2.16. The Bertz CT molecular complexity index is 1840. The Kier molecular flexibility index (Phi) is 65.4. The van der Waals surface area contributed by atoms with Gasteiger partial charge in [0.05, 0.1) is 6.42 Å². The van der Waals surface area contributed by atoms with Gasteiger partial charge in [0.25, 0.3) is 0 Å². The van der Waals surface area contributed by atoms with Crippen molar-refractivity contribution in [2.45, 2.75) is 297 Å². The lowest BCUT2D eigenvalue weighted by Gasteiger charge is -2.18. The van der Waals surface area contributed by atoms with Gasteiger partial charge in [0.2, 0.25) is 0 Å². The van der Waals surface area contributed by atoms with E-state index in [2.05, 4.69) is 167 Å². The number of carbonyl (C=O) groups excluding carboxylic acids is 3. The second-order valence-corrected chi connectivity index (χ2v) is 22.0. The molecule has 0 radical (unpaired) electrons. The number of hydrogen-bond donors (Lipinski definition) is 0. The topological polar surface area (TPSA) is 78.9 Å². The van der Waals surface area contributed by atoms with Gasteiger partial charge >= 0.3 is 17.9 Å². The summed E-state index contributed by atoms with van der Waals surface area (Å²) in [5.74, 6) is -1.05. The Hall–Kier alpha value is -4.97. The van der Waals surface area contributed by atoms with Crippen molar-refractivity contribution in [1.29, 1.82) is 0 Å². The first kappa shape index (κ1) is 78.0. The zero-order valence-corrected chi connectivity index (χ0v) is 53.7. The molecule has 0 spiro atoms. The summed E-state index contributed by atoms with van der Waals surface area (Å²) < 4.78 is 16.8. The number of esters is 3. The molecule has 0 heterocycles. The highest BCUT2D eigenvalue weighted by molar-refractivity contribution is 5.72. The molecule has 0 amide bonds. The van der Waals surface area contributed by atoms with Crippen LogP contribution in [0.25, 0.3) is 0 Å². The van der Waals surface area contributed by atoms with Crippen LogP contribution in [0.15, 0.2) is 158 Å². The minimum atomic E-state index is -0.839. The number of ether oxygens (including phenoxy) is 3. The molecule has 0 aliphatic rings. The lowest BCUT2D eigenvalue weighted by Crippen LogP contribution is -2.30. The third-order valence-electron chi connectivity index (χ3n) is 14.1.